The van der Waals surface area contributed by atoms with Gasteiger partial charge in [0, 0.05) is 21.2 Å². The Kier molecular flexibility index (Phi) is 5.22. The lowest BCUT2D eigenvalue weighted by molar-refractivity contribution is 0.102. The Bertz CT molecular complexity index is 848. The first-order valence-corrected chi connectivity index (χ1v) is 8.95. The molecule has 0 saturated heterocycles. The van der Waals surface area contributed by atoms with Gasteiger partial charge >= 0.3 is 0 Å². The van der Waals surface area contributed by atoms with Crippen molar-refractivity contribution in [1.82, 2.24) is 9.97 Å². The van der Waals surface area contributed by atoms with Gasteiger partial charge in [-0.05, 0) is 43.3 Å². The number of hydrogen-bond donors (Lipinski definition) is 2. The Hall–Kier alpha value is -2.25. The van der Waals surface area contributed by atoms with Crippen molar-refractivity contribution in [2.24, 2.45) is 0 Å². The number of carbonyl (C=O) groups is 1. The summed E-state index contributed by atoms with van der Waals surface area (Å²) >= 11 is 4.96. The number of halogens is 1. The van der Waals surface area contributed by atoms with Crippen LogP contribution < -0.4 is 10.6 Å². The third kappa shape index (κ3) is 3.98. The summed E-state index contributed by atoms with van der Waals surface area (Å²) in [4.78, 5) is 22.2. The predicted molar refractivity (Wildman–Crippen MR) is 101 cm³/mol. The summed E-state index contributed by atoms with van der Waals surface area (Å²) in [5.74, 6) is 0.355. The number of amides is 1. The number of anilines is 2. The van der Waals surface area contributed by atoms with Gasteiger partial charge in [0.2, 0.25) is 0 Å². The molecule has 2 aromatic heterocycles. The molecule has 3 aromatic rings. The van der Waals surface area contributed by atoms with Crippen LogP contribution in [0.3, 0.4) is 0 Å². The highest BCUT2D eigenvalue weighted by atomic mass is 79.9. The molecule has 2 N–H and O–H groups in total. The third-order valence-electron chi connectivity index (χ3n) is 3.42. The van der Waals surface area contributed by atoms with Gasteiger partial charge in [0.15, 0.2) is 0 Å². The van der Waals surface area contributed by atoms with E-state index in [2.05, 4.69) is 36.5 Å². The number of carbonyl (C=O) groups excluding carboxylic acids is 1. The average Bonchev–Trinajstić information content (AvgIpc) is 3.00. The van der Waals surface area contributed by atoms with E-state index in [-0.39, 0.29) is 5.91 Å². The zero-order valence-electron chi connectivity index (χ0n) is 12.9. The van der Waals surface area contributed by atoms with Gasteiger partial charge in [-0.25, -0.2) is 9.97 Å². The molecule has 0 unspecified atom stereocenters. The van der Waals surface area contributed by atoms with Crippen LogP contribution in [0.15, 0.2) is 52.6 Å². The van der Waals surface area contributed by atoms with Gasteiger partial charge < -0.3 is 10.6 Å². The van der Waals surface area contributed by atoms with E-state index in [1.54, 1.807) is 29.7 Å². The first-order chi connectivity index (χ1) is 11.6. The summed E-state index contributed by atoms with van der Waals surface area (Å²) < 4.78 is 0.962. The number of pyridine rings is 1. The van der Waals surface area contributed by atoms with Crippen LogP contribution >= 0.6 is 27.3 Å². The predicted octanol–water partition coefficient (Wildman–Crippen LogP) is 4.47. The fourth-order valence-corrected chi connectivity index (χ4v) is 3.10. The van der Waals surface area contributed by atoms with E-state index in [1.807, 2.05) is 36.7 Å². The molecule has 0 atom stereocenters. The van der Waals surface area contributed by atoms with Gasteiger partial charge in [-0.15, -0.1) is 11.3 Å². The maximum Gasteiger partial charge on any atom is 0.259 e. The highest BCUT2D eigenvalue weighted by molar-refractivity contribution is 9.10. The van der Waals surface area contributed by atoms with Crippen molar-refractivity contribution in [2.75, 3.05) is 10.6 Å². The minimum atomic E-state index is -0.200. The number of aryl methyl sites for hydroxylation is 1. The highest BCUT2D eigenvalue weighted by Gasteiger charge is 2.13. The minimum Gasteiger partial charge on any atom is -0.364 e. The Morgan fingerprint density at radius 2 is 2.00 bits per heavy atom. The molecular weight excluding hydrogens is 388 g/mol. The summed E-state index contributed by atoms with van der Waals surface area (Å²) in [6.07, 6.45) is 1.66. The van der Waals surface area contributed by atoms with Crippen LogP contribution in [0, 0.1) is 6.92 Å². The Morgan fingerprint density at radius 1 is 1.21 bits per heavy atom. The fraction of sp³-hybridized carbons (Fsp3) is 0.118. The molecule has 2 heterocycles. The standard InChI is InChI=1S/C17H15BrN4OS/c1-11-15(24-10-21-11)9-20-16-14(3-2-8-19-16)17(23)22-13-6-4-12(18)5-7-13/h2-8,10H,9H2,1H3,(H,19,20)(H,22,23). The smallest absolute Gasteiger partial charge is 0.259 e. The van der Waals surface area contributed by atoms with Gasteiger partial charge in [-0.3, -0.25) is 4.79 Å². The van der Waals surface area contributed by atoms with Crippen molar-refractivity contribution in [3.8, 4) is 0 Å². The summed E-state index contributed by atoms with van der Waals surface area (Å²) in [7, 11) is 0. The summed E-state index contributed by atoms with van der Waals surface area (Å²) in [5, 5.41) is 6.10. The van der Waals surface area contributed by atoms with E-state index in [9.17, 15) is 4.79 Å². The normalized spacial score (nSPS) is 10.4. The van der Waals surface area contributed by atoms with Gasteiger partial charge in [0.1, 0.15) is 5.82 Å². The number of nitrogens with zero attached hydrogens (tertiary/aromatic N) is 2. The molecule has 5 nitrogen and oxygen atoms in total. The number of rotatable bonds is 5. The van der Waals surface area contributed by atoms with Gasteiger partial charge in [-0.2, -0.15) is 0 Å². The maximum absolute atomic E-state index is 12.5. The zero-order valence-corrected chi connectivity index (χ0v) is 15.3. The fourth-order valence-electron chi connectivity index (χ4n) is 2.12. The van der Waals surface area contributed by atoms with Crippen molar-refractivity contribution in [3.05, 3.63) is 68.7 Å². The molecule has 0 saturated carbocycles. The van der Waals surface area contributed by atoms with Gasteiger partial charge in [0.25, 0.3) is 5.91 Å². The van der Waals surface area contributed by atoms with E-state index < -0.39 is 0 Å². The van der Waals surface area contributed by atoms with Crippen LogP contribution in [0.25, 0.3) is 0 Å². The number of thiazole rings is 1. The van der Waals surface area contributed by atoms with Crippen LogP contribution in [0.4, 0.5) is 11.5 Å². The highest BCUT2D eigenvalue weighted by Crippen LogP contribution is 2.19. The van der Waals surface area contributed by atoms with Crippen molar-refractivity contribution >= 4 is 44.7 Å². The summed E-state index contributed by atoms with van der Waals surface area (Å²) in [6, 6.07) is 10.9. The molecule has 1 aromatic carbocycles. The van der Waals surface area contributed by atoms with Crippen LogP contribution in [-0.4, -0.2) is 15.9 Å². The van der Waals surface area contributed by atoms with Crippen LogP contribution in [0.1, 0.15) is 20.9 Å². The van der Waals surface area contributed by atoms with Crippen molar-refractivity contribution in [1.29, 1.82) is 0 Å². The Morgan fingerprint density at radius 3 is 2.71 bits per heavy atom. The van der Waals surface area contributed by atoms with Gasteiger partial charge in [0.05, 0.1) is 23.3 Å². The molecule has 0 aliphatic rings. The summed E-state index contributed by atoms with van der Waals surface area (Å²) in [5.41, 5.74) is 4.04. The average molecular weight is 403 g/mol. The lowest BCUT2D eigenvalue weighted by Crippen LogP contribution is -2.15. The molecule has 3 rings (SSSR count). The Balaban J connectivity index is 1.74. The first kappa shape index (κ1) is 16.6. The first-order valence-electron chi connectivity index (χ1n) is 7.28. The maximum atomic E-state index is 12.5. The number of hydrogen-bond acceptors (Lipinski definition) is 5. The van der Waals surface area contributed by atoms with Crippen LogP contribution in [-0.2, 0) is 6.54 Å². The SMILES string of the molecule is Cc1ncsc1CNc1ncccc1C(=O)Nc1ccc(Br)cc1. The quantitative estimate of drug-likeness (QED) is 0.660. The second-order valence-electron chi connectivity index (χ2n) is 5.08. The van der Waals surface area contributed by atoms with Crippen molar-refractivity contribution in [2.45, 2.75) is 13.5 Å². The van der Waals surface area contributed by atoms with Gasteiger partial charge in [-0.1, -0.05) is 15.9 Å². The molecule has 7 heteroatoms. The molecule has 0 bridgehead atoms. The number of benzene rings is 1. The molecule has 1 amide bonds. The molecule has 24 heavy (non-hydrogen) atoms. The number of aromatic nitrogens is 2. The molecule has 122 valence electrons. The summed E-state index contributed by atoms with van der Waals surface area (Å²) in [6.45, 7) is 2.55. The van der Waals surface area contributed by atoms with E-state index in [1.165, 1.54) is 0 Å². The third-order valence-corrected chi connectivity index (χ3v) is 4.88. The lowest BCUT2D eigenvalue weighted by Gasteiger charge is -2.11. The molecule has 0 spiro atoms. The van der Waals surface area contributed by atoms with Crippen molar-refractivity contribution < 1.29 is 4.79 Å². The topological polar surface area (TPSA) is 66.9 Å². The molecular formula is C17H15BrN4OS. The van der Waals surface area contributed by atoms with E-state index in [0.29, 0.717) is 17.9 Å². The largest absolute Gasteiger partial charge is 0.364 e. The van der Waals surface area contributed by atoms with Crippen LogP contribution in [0.5, 0.6) is 0 Å². The van der Waals surface area contributed by atoms with Crippen molar-refractivity contribution in [3.63, 3.8) is 0 Å². The second-order valence-corrected chi connectivity index (χ2v) is 6.93. The Labute approximate surface area is 152 Å². The minimum absolute atomic E-state index is 0.200. The molecule has 0 aliphatic heterocycles. The van der Waals surface area contributed by atoms with E-state index in [4.69, 9.17) is 0 Å². The van der Waals surface area contributed by atoms with E-state index in [0.717, 1.165) is 20.7 Å². The zero-order chi connectivity index (χ0) is 16.9. The van der Waals surface area contributed by atoms with Crippen LogP contribution in [0.2, 0.25) is 0 Å². The molecule has 0 aliphatic carbocycles. The number of nitrogens with one attached hydrogen (secondary N) is 2. The lowest BCUT2D eigenvalue weighted by atomic mass is 10.2. The monoisotopic (exact) mass is 402 g/mol. The molecule has 0 radical (unpaired) electrons. The second kappa shape index (κ2) is 7.55. The molecule has 0 fully saturated rings. The van der Waals surface area contributed by atoms with E-state index >= 15 is 0 Å².